The predicted octanol–water partition coefficient (Wildman–Crippen LogP) is 2.73. The van der Waals surface area contributed by atoms with Gasteiger partial charge in [0.1, 0.15) is 18.0 Å². The zero-order chi connectivity index (χ0) is 38.8. The minimum atomic E-state index is -3.17. The number of likely N-dealkylation sites (N-methyl/N-ethyl adjacent to an activating group) is 1. The van der Waals surface area contributed by atoms with Gasteiger partial charge in [0, 0.05) is 50.2 Å². The molecule has 4 rings (SSSR count). The number of alkyl halides is 1. The Morgan fingerprint density at radius 3 is 2.40 bits per heavy atom. The fourth-order valence-electron chi connectivity index (χ4n) is 8.07. The number of aliphatic hydroxyl groups excluding tert-OH is 1. The lowest BCUT2D eigenvalue weighted by atomic mass is 9.73. The molecule has 292 valence electrons. The van der Waals surface area contributed by atoms with Crippen LogP contribution in [0.5, 0.6) is 0 Å². The number of nitrogens with zero attached hydrogens (tertiary/aromatic N) is 2. The number of ether oxygens (including phenoxy) is 5. The summed E-state index contributed by atoms with van der Waals surface area (Å²) in [6.07, 6.45) is -4.05. The Morgan fingerprint density at radius 2 is 1.81 bits per heavy atom. The first-order valence-corrected chi connectivity index (χ1v) is 18.1. The second-order valence-electron chi connectivity index (χ2n) is 15.4. The number of methoxy groups -OCH3 is 1. The highest BCUT2D eigenvalue weighted by atomic mass is 19.1. The number of pyridine rings is 1. The van der Waals surface area contributed by atoms with Crippen molar-refractivity contribution < 1.29 is 52.4 Å². The minimum Gasteiger partial charge on any atom is -0.455 e. The van der Waals surface area contributed by atoms with E-state index in [4.69, 9.17) is 23.7 Å². The third kappa shape index (κ3) is 8.49. The molecule has 0 radical (unpaired) electrons. The maximum atomic E-state index is 16.6. The third-order valence-electron chi connectivity index (χ3n) is 11.2. The van der Waals surface area contributed by atoms with Gasteiger partial charge in [-0.25, -0.2) is 14.0 Å². The lowest BCUT2D eigenvalue weighted by Gasteiger charge is -2.47. The molecule has 15 heteroatoms. The molecule has 3 unspecified atom stereocenters. The van der Waals surface area contributed by atoms with Crippen molar-refractivity contribution >= 4 is 23.6 Å². The van der Waals surface area contributed by atoms with E-state index < -0.39 is 95.3 Å². The van der Waals surface area contributed by atoms with E-state index in [1.807, 2.05) is 37.2 Å². The molecule has 0 spiro atoms. The van der Waals surface area contributed by atoms with Crippen molar-refractivity contribution in [3.05, 3.63) is 30.1 Å². The van der Waals surface area contributed by atoms with E-state index in [1.165, 1.54) is 21.0 Å². The number of cyclic esters (lactones) is 1. The number of carbonyl (C=O) groups is 4. The Balaban J connectivity index is 1.72. The second-order valence-corrected chi connectivity index (χ2v) is 15.4. The first-order chi connectivity index (χ1) is 24.3. The predicted molar refractivity (Wildman–Crippen MR) is 187 cm³/mol. The van der Waals surface area contributed by atoms with Crippen LogP contribution >= 0.6 is 0 Å². The summed E-state index contributed by atoms with van der Waals surface area (Å²) in [4.78, 5) is 60.6. The number of alkyl carbamates (subject to hydrolysis) is 1. The standard InChI is InChI=1S/C37H57FN4O10/c1-11-26-37(7)29(41-34(47)52-37)21(3)27(43)20(2)17-35(5,48-10)31(22(4)30(45)36(6,38)33(46)50-26)51-32-28(44)25(42(8)9)16-24(49-32)19-39-18-23-14-12-13-15-40-23/h12-15,20-22,24-26,28-29,31-32,39,44H,11,16-19H2,1-10H3,(H,41,47)/t20-,21+,22+,24?,25?,26-,28?,29-,31-,32+,35-,36+,37-/m1/s1. The van der Waals surface area contributed by atoms with E-state index in [2.05, 4.69) is 15.6 Å². The Kier molecular flexibility index (Phi) is 13.2. The summed E-state index contributed by atoms with van der Waals surface area (Å²) >= 11 is 0. The van der Waals surface area contributed by atoms with Gasteiger partial charge in [-0.1, -0.05) is 33.8 Å². The molecule has 0 bridgehead atoms. The van der Waals surface area contributed by atoms with Crippen LogP contribution in [0.25, 0.3) is 0 Å². The van der Waals surface area contributed by atoms with E-state index in [0.29, 0.717) is 19.5 Å². The lowest BCUT2D eigenvalue weighted by Crippen LogP contribution is -2.62. The van der Waals surface area contributed by atoms with Gasteiger partial charge < -0.3 is 44.3 Å². The van der Waals surface area contributed by atoms with E-state index in [9.17, 15) is 24.3 Å². The van der Waals surface area contributed by atoms with Crippen molar-refractivity contribution in [2.24, 2.45) is 17.8 Å². The number of fused-ring (bicyclic) bond motifs is 1. The molecule has 0 saturated carbocycles. The Hall–Kier alpha value is -3.08. The lowest BCUT2D eigenvalue weighted by molar-refractivity contribution is -0.297. The van der Waals surface area contributed by atoms with Crippen molar-refractivity contribution in [1.82, 2.24) is 20.5 Å². The molecular formula is C37H57FN4O10. The number of carbonyl (C=O) groups excluding carboxylic acids is 4. The summed E-state index contributed by atoms with van der Waals surface area (Å²) in [5, 5.41) is 17.6. The van der Waals surface area contributed by atoms with Gasteiger partial charge in [-0.05, 0) is 66.3 Å². The Bertz CT molecular complexity index is 1430. The van der Waals surface area contributed by atoms with Crippen molar-refractivity contribution in [3.8, 4) is 0 Å². The second kappa shape index (κ2) is 16.5. The molecule has 1 amide bonds. The zero-order valence-corrected chi connectivity index (χ0v) is 32.0. The number of esters is 1. The van der Waals surface area contributed by atoms with Crippen LogP contribution in [0, 0.1) is 17.8 Å². The number of aromatic nitrogens is 1. The van der Waals surface area contributed by atoms with Gasteiger partial charge in [0.2, 0.25) is 0 Å². The summed E-state index contributed by atoms with van der Waals surface area (Å²) in [6.45, 7) is 11.3. The highest BCUT2D eigenvalue weighted by molar-refractivity contribution is 6.08. The number of hydrogen-bond acceptors (Lipinski definition) is 13. The first kappa shape index (κ1) is 41.7. The molecule has 0 aromatic carbocycles. The van der Waals surface area contributed by atoms with Crippen molar-refractivity contribution in [2.75, 3.05) is 27.7 Å². The molecule has 3 aliphatic rings. The van der Waals surface area contributed by atoms with E-state index in [1.54, 1.807) is 33.9 Å². The molecule has 3 saturated heterocycles. The highest BCUT2D eigenvalue weighted by Crippen LogP contribution is 2.41. The van der Waals surface area contributed by atoms with Gasteiger partial charge in [-0.15, -0.1) is 0 Å². The summed E-state index contributed by atoms with van der Waals surface area (Å²) < 4.78 is 46.8. The minimum absolute atomic E-state index is 0.00711. The average Bonchev–Trinajstić information content (AvgIpc) is 3.42. The smallest absolute Gasteiger partial charge is 0.408 e. The van der Waals surface area contributed by atoms with Gasteiger partial charge in [-0.2, -0.15) is 0 Å². The summed E-state index contributed by atoms with van der Waals surface area (Å²) in [7, 11) is 5.03. The number of nitrogens with one attached hydrogen (secondary N) is 2. The molecule has 1 aromatic rings. The largest absolute Gasteiger partial charge is 0.455 e. The number of hydrogen-bond donors (Lipinski definition) is 3. The van der Waals surface area contributed by atoms with Gasteiger partial charge in [0.05, 0.1) is 29.5 Å². The van der Waals surface area contributed by atoms with Crippen molar-refractivity contribution in [2.45, 2.75) is 134 Å². The van der Waals surface area contributed by atoms with E-state index in [0.717, 1.165) is 12.6 Å². The van der Waals surface area contributed by atoms with Crippen LogP contribution in [-0.4, -0.2) is 126 Å². The quantitative estimate of drug-likeness (QED) is 0.250. The molecule has 3 fully saturated rings. The van der Waals surface area contributed by atoms with Crippen LogP contribution in [-0.2, 0) is 44.6 Å². The van der Waals surface area contributed by atoms with E-state index in [-0.39, 0.29) is 18.6 Å². The highest BCUT2D eigenvalue weighted by Gasteiger charge is 2.59. The topological polar surface area (TPSA) is 175 Å². The summed E-state index contributed by atoms with van der Waals surface area (Å²) in [6, 6.07) is 4.25. The number of halogens is 1. The first-order valence-electron chi connectivity index (χ1n) is 18.1. The number of ketones is 2. The SMILES string of the molecule is CC[C@H]1OC(=O)[C@@](C)(F)C(=O)[C@H](C)[C@@H](O[C@@H]2OC(CNCc3ccccn3)CC(N(C)C)C2O)[C@](C)(OC)C[C@@H](C)C(=O)[C@H](C)[C@H]2NC(=O)O[C@@]21C. The van der Waals surface area contributed by atoms with Crippen LogP contribution in [0.2, 0.25) is 0 Å². The molecule has 3 aliphatic heterocycles. The van der Waals surface area contributed by atoms with Crippen LogP contribution in [0.4, 0.5) is 9.18 Å². The molecule has 14 nitrogen and oxygen atoms in total. The van der Waals surface area contributed by atoms with Crippen LogP contribution in [0.15, 0.2) is 24.4 Å². The van der Waals surface area contributed by atoms with Crippen molar-refractivity contribution in [3.63, 3.8) is 0 Å². The fraction of sp³-hybridized carbons (Fsp3) is 0.757. The molecule has 1 aromatic heterocycles. The normalized spacial score (nSPS) is 40.8. The monoisotopic (exact) mass is 736 g/mol. The maximum Gasteiger partial charge on any atom is 0.408 e. The van der Waals surface area contributed by atoms with Gasteiger partial charge in [-0.3, -0.25) is 14.6 Å². The Labute approximate surface area is 305 Å². The van der Waals surface area contributed by atoms with Crippen LogP contribution in [0.3, 0.4) is 0 Å². The number of rotatable bonds is 9. The number of Topliss-reactive ketones (excluding diaryl/α,β-unsaturated/α-hetero) is 2. The number of amides is 1. The molecule has 0 aliphatic carbocycles. The molecule has 13 atom stereocenters. The average molecular weight is 737 g/mol. The number of aliphatic hydroxyl groups is 1. The van der Waals surface area contributed by atoms with Gasteiger partial charge >= 0.3 is 12.1 Å². The van der Waals surface area contributed by atoms with Crippen LogP contribution in [0.1, 0.15) is 73.4 Å². The molecule has 4 heterocycles. The van der Waals surface area contributed by atoms with Crippen molar-refractivity contribution in [1.29, 1.82) is 0 Å². The molecule has 3 N–H and O–H groups in total. The maximum absolute atomic E-state index is 16.6. The molecular weight excluding hydrogens is 679 g/mol. The zero-order valence-electron chi connectivity index (χ0n) is 32.0. The Morgan fingerprint density at radius 1 is 1.12 bits per heavy atom. The summed E-state index contributed by atoms with van der Waals surface area (Å²) in [5.74, 6) is -5.81. The fourth-order valence-corrected chi connectivity index (χ4v) is 8.07. The summed E-state index contributed by atoms with van der Waals surface area (Å²) in [5.41, 5.74) is -5.33. The third-order valence-corrected chi connectivity index (χ3v) is 11.2. The van der Waals surface area contributed by atoms with Crippen LogP contribution < -0.4 is 10.6 Å². The van der Waals surface area contributed by atoms with Gasteiger partial charge in [0.15, 0.2) is 17.7 Å². The van der Waals surface area contributed by atoms with E-state index >= 15 is 4.39 Å². The molecule has 52 heavy (non-hydrogen) atoms. The van der Waals surface area contributed by atoms with Gasteiger partial charge in [0.25, 0.3) is 5.67 Å².